The van der Waals surface area contributed by atoms with Gasteiger partial charge in [0.15, 0.2) is 5.11 Å². The van der Waals surface area contributed by atoms with Crippen molar-refractivity contribution in [3.05, 3.63) is 83.4 Å². The number of anilines is 2. The van der Waals surface area contributed by atoms with Crippen LogP contribution in [0.2, 0.25) is 0 Å². The zero-order valence-corrected chi connectivity index (χ0v) is 21.0. The van der Waals surface area contributed by atoms with Gasteiger partial charge in [-0.05, 0) is 99.6 Å². The number of hydrogen-bond donors (Lipinski definition) is 3. The van der Waals surface area contributed by atoms with Crippen molar-refractivity contribution in [1.82, 2.24) is 5.32 Å². The number of aryl methyl sites for hydroxylation is 2. The van der Waals surface area contributed by atoms with Crippen LogP contribution in [0.25, 0.3) is 0 Å². The number of rotatable bonds is 7. The molecule has 0 heterocycles. The maximum atomic E-state index is 12.7. The molecule has 3 aromatic carbocycles. The smallest absolute Gasteiger partial charge is 0.261 e. The van der Waals surface area contributed by atoms with Crippen LogP contribution in [0, 0.1) is 13.8 Å². The lowest BCUT2D eigenvalue weighted by Gasteiger charge is -2.15. The number of thiocarbonyl (C=S) groups is 1. The fourth-order valence-electron chi connectivity index (χ4n) is 3.31. The normalized spacial score (nSPS) is 11.1. The number of hydrogen-bond acceptors (Lipinski definition) is 5. The molecule has 0 aromatic heterocycles. The number of benzene rings is 3. The fourth-order valence-corrected chi connectivity index (χ4v) is 4.56. The maximum Gasteiger partial charge on any atom is 0.261 e. The monoisotopic (exact) mass is 497 g/mol. The first-order valence-electron chi connectivity index (χ1n) is 10.6. The second-order valence-corrected chi connectivity index (χ2v) is 10.2. The van der Waals surface area contributed by atoms with E-state index < -0.39 is 15.9 Å². The van der Waals surface area contributed by atoms with Crippen LogP contribution in [0.3, 0.4) is 0 Å². The van der Waals surface area contributed by atoms with Crippen LogP contribution < -0.4 is 20.1 Å². The highest BCUT2D eigenvalue weighted by Gasteiger charge is 2.16. The van der Waals surface area contributed by atoms with Crippen molar-refractivity contribution < 1.29 is 17.9 Å². The lowest BCUT2D eigenvalue weighted by atomic mass is 10.1. The molecule has 3 rings (SSSR count). The van der Waals surface area contributed by atoms with E-state index in [1.807, 2.05) is 33.8 Å². The van der Waals surface area contributed by atoms with Gasteiger partial charge in [0.1, 0.15) is 5.75 Å². The van der Waals surface area contributed by atoms with Gasteiger partial charge in [-0.25, -0.2) is 8.42 Å². The first-order chi connectivity index (χ1) is 16.0. The second-order valence-electron chi connectivity index (χ2n) is 8.08. The van der Waals surface area contributed by atoms with Crippen LogP contribution in [-0.2, 0) is 10.0 Å². The Morgan fingerprint density at radius 2 is 1.53 bits per heavy atom. The van der Waals surface area contributed by atoms with Gasteiger partial charge in [-0.1, -0.05) is 18.2 Å². The molecule has 0 fully saturated rings. The molecule has 0 saturated heterocycles. The summed E-state index contributed by atoms with van der Waals surface area (Å²) in [5, 5.41) is 5.58. The Bertz CT molecular complexity index is 1280. The molecule has 0 bridgehead atoms. The van der Waals surface area contributed by atoms with Gasteiger partial charge < -0.3 is 10.1 Å². The molecule has 0 aliphatic rings. The lowest BCUT2D eigenvalue weighted by Crippen LogP contribution is -2.34. The number of carbonyl (C=O) groups is 1. The summed E-state index contributed by atoms with van der Waals surface area (Å²) in [7, 11) is -3.76. The molecular weight excluding hydrogens is 470 g/mol. The molecule has 1 amide bonds. The zero-order valence-electron chi connectivity index (χ0n) is 19.4. The minimum absolute atomic E-state index is 0.0771. The SMILES string of the molecule is Cc1cc(C)cc(NS(=O)(=O)c2ccc(NC(=S)NC(=O)c3ccccc3OC(C)C)cc2)c1. The van der Waals surface area contributed by atoms with E-state index in [2.05, 4.69) is 15.4 Å². The van der Waals surface area contributed by atoms with Crippen LogP contribution in [0.4, 0.5) is 11.4 Å². The molecule has 0 atom stereocenters. The quantitative estimate of drug-likeness (QED) is 0.397. The fraction of sp³-hybridized carbons (Fsp3) is 0.200. The van der Waals surface area contributed by atoms with E-state index in [4.69, 9.17) is 17.0 Å². The number of nitrogens with one attached hydrogen (secondary N) is 3. The predicted molar refractivity (Wildman–Crippen MR) is 139 cm³/mol. The molecule has 0 saturated carbocycles. The Morgan fingerprint density at radius 3 is 2.15 bits per heavy atom. The zero-order chi connectivity index (χ0) is 24.9. The summed E-state index contributed by atoms with van der Waals surface area (Å²) < 4.78 is 33.8. The highest BCUT2D eigenvalue weighted by Crippen LogP contribution is 2.21. The van der Waals surface area contributed by atoms with Gasteiger partial charge in [0.2, 0.25) is 0 Å². The molecule has 178 valence electrons. The van der Waals surface area contributed by atoms with Gasteiger partial charge in [0, 0.05) is 11.4 Å². The highest BCUT2D eigenvalue weighted by atomic mass is 32.2. The molecule has 7 nitrogen and oxygen atoms in total. The molecule has 3 aromatic rings. The first kappa shape index (κ1) is 25.2. The van der Waals surface area contributed by atoms with Gasteiger partial charge in [0.25, 0.3) is 15.9 Å². The van der Waals surface area contributed by atoms with Crippen LogP contribution in [-0.4, -0.2) is 25.5 Å². The average Bonchev–Trinajstić information content (AvgIpc) is 2.73. The van der Waals surface area contributed by atoms with E-state index in [1.165, 1.54) is 12.1 Å². The number of sulfonamides is 1. The Balaban J connectivity index is 1.65. The van der Waals surface area contributed by atoms with Crippen LogP contribution >= 0.6 is 12.2 Å². The number of para-hydroxylation sites is 1. The third-order valence-electron chi connectivity index (χ3n) is 4.62. The number of ether oxygens (including phenoxy) is 1. The maximum absolute atomic E-state index is 12.7. The molecule has 9 heteroatoms. The van der Waals surface area contributed by atoms with Crippen LogP contribution in [0.1, 0.15) is 35.3 Å². The van der Waals surface area contributed by atoms with Gasteiger partial charge in [-0.3, -0.25) is 14.8 Å². The van der Waals surface area contributed by atoms with Crippen molar-refractivity contribution in [3.8, 4) is 5.75 Å². The summed E-state index contributed by atoms with van der Waals surface area (Å²) in [6, 6.07) is 18.5. The Morgan fingerprint density at radius 1 is 0.912 bits per heavy atom. The average molecular weight is 498 g/mol. The van der Waals surface area contributed by atoms with E-state index in [-0.39, 0.29) is 16.1 Å². The molecule has 0 aliphatic heterocycles. The Hall–Kier alpha value is -3.43. The van der Waals surface area contributed by atoms with E-state index in [1.54, 1.807) is 48.5 Å². The number of amides is 1. The summed E-state index contributed by atoms with van der Waals surface area (Å²) in [6.07, 6.45) is -0.0850. The van der Waals surface area contributed by atoms with Gasteiger partial charge in [0.05, 0.1) is 16.6 Å². The van der Waals surface area contributed by atoms with Crippen molar-refractivity contribution >= 4 is 44.6 Å². The summed E-state index contributed by atoms with van der Waals surface area (Å²) in [5.74, 6) is 0.0502. The summed E-state index contributed by atoms with van der Waals surface area (Å²) in [5.41, 5.74) is 3.32. The minimum Gasteiger partial charge on any atom is -0.490 e. The third-order valence-corrected chi connectivity index (χ3v) is 6.22. The molecular formula is C25H27N3O4S2. The van der Waals surface area contributed by atoms with Crippen molar-refractivity contribution in [2.75, 3.05) is 10.0 Å². The minimum atomic E-state index is -3.76. The lowest BCUT2D eigenvalue weighted by molar-refractivity contribution is 0.0972. The largest absolute Gasteiger partial charge is 0.490 e. The van der Waals surface area contributed by atoms with Crippen molar-refractivity contribution in [3.63, 3.8) is 0 Å². The summed E-state index contributed by atoms with van der Waals surface area (Å²) >= 11 is 5.25. The van der Waals surface area contributed by atoms with E-state index >= 15 is 0 Å². The Labute approximate surface area is 205 Å². The highest BCUT2D eigenvalue weighted by molar-refractivity contribution is 7.92. The van der Waals surface area contributed by atoms with Gasteiger partial charge >= 0.3 is 0 Å². The standard InChI is InChI=1S/C25H27N3O4S2/c1-16(2)32-23-8-6-5-7-22(23)24(29)27-25(33)26-19-9-11-21(12-10-19)34(30,31)28-20-14-17(3)13-18(4)15-20/h5-16,28H,1-4H3,(H2,26,27,29,33). The van der Waals surface area contributed by atoms with E-state index in [9.17, 15) is 13.2 Å². The van der Waals surface area contributed by atoms with Crippen LogP contribution in [0.5, 0.6) is 5.75 Å². The van der Waals surface area contributed by atoms with Gasteiger partial charge in [-0.15, -0.1) is 0 Å². The molecule has 3 N–H and O–H groups in total. The van der Waals surface area contributed by atoms with E-state index in [0.29, 0.717) is 22.7 Å². The molecule has 0 unspecified atom stereocenters. The van der Waals surface area contributed by atoms with E-state index in [0.717, 1.165) is 11.1 Å². The Kier molecular flexibility index (Phi) is 7.90. The first-order valence-corrected chi connectivity index (χ1v) is 12.5. The summed E-state index contributed by atoms with van der Waals surface area (Å²) in [4.78, 5) is 12.8. The topological polar surface area (TPSA) is 96.5 Å². The molecule has 0 spiro atoms. The summed E-state index contributed by atoms with van der Waals surface area (Å²) in [6.45, 7) is 7.57. The molecule has 34 heavy (non-hydrogen) atoms. The second kappa shape index (κ2) is 10.7. The molecule has 0 radical (unpaired) electrons. The molecule has 0 aliphatic carbocycles. The van der Waals surface area contributed by atoms with Gasteiger partial charge in [-0.2, -0.15) is 0 Å². The van der Waals surface area contributed by atoms with Crippen molar-refractivity contribution in [1.29, 1.82) is 0 Å². The third kappa shape index (κ3) is 6.79. The predicted octanol–water partition coefficient (Wildman–Crippen LogP) is 5.02. The van der Waals surface area contributed by atoms with Crippen LogP contribution in [0.15, 0.2) is 71.6 Å². The number of carbonyl (C=O) groups excluding carboxylic acids is 1. The van der Waals surface area contributed by atoms with Crippen molar-refractivity contribution in [2.24, 2.45) is 0 Å². The van der Waals surface area contributed by atoms with Crippen molar-refractivity contribution in [2.45, 2.75) is 38.7 Å².